The first-order valence-corrected chi connectivity index (χ1v) is 20.9. The van der Waals surface area contributed by atoms with E-state index in [2.05, 4.69) is 72.6 Å². The number of aldehydes is 2. The molecule has 0 amide bonds. The largest absolute Gasteiger partial charge is 0.483 e. The van der Waals surface area contributed by atoms with Crippen LogP contribution in [0.1, 0.15) is 140 Å². The number of aliphatic hydroxyl groups excluding tert-OH is 1. The summed E-state index contributed by atoms with van der Waals surface area (Å²) < 4.78 is 6.12. The van der Waals surface area contributed by atoms with Crippen LogP contribution in [0.2, 0.25) is 0 Å². The predicted molar refractivity (Wildman–Crippen MR) is 218 cm³/mol. The molecule has 0 heterocycles. The molecule has 0 radical (unpaired) electrons. The molecule has 0 aromatic carbocycles. The van der Waals surface area contributed by atoms with E-state index in [1.165, 1.54) is 5.57 Å². The second-order valence-corrected chi connectivity index (χ2v) is 18.3. The van der Waals surface area contributed by atoms with E-state index in [0.717, 1.165) is 88.9 Å². The van der Waals surface area contributed by atoms with Crippen molar-refractivity contribution < 1.29 is 38.9 Å². The Balaban J connectivity index is 0.00000140. The van der Waals surface area contributed by atoms with Crippen LogP contribution >= 0.6 is 0 Å². The normalized spacial score (nSPS) is 35.2. The molecule has 5 aliphatic rings. The Morgan fingerprint density at radius 3 is 2.09 bits per heavy atom. The molecule has 0 saturated heterocycles. The zero-order valence-electron chi connectivity index (χ0n) is 36.8. The summed E-state index contributed by atoms with van der Waals surface area (Å²) in [5.41, 5.74) is 2.49. The molecule has 0 aromatic heterocycles. The summed E-state index contributed by atoms with van der Waals surface area (Å²) in [6.45, 7) is 24.6. The number of carbonyl (C=O) groups is 5. The summed E-state index contributed by atoms with van der Waals surface area (Å²) in [6, 6.07) is 0. The number of hydrogen-bond acceptors (Lipinski definition) is 9. The average molecular weight is 773 g/mol. The monoisotopic (exact) mass is 773 g/mol. The number of Topliss-reactive ketones (excluding diaryl/α,β-unsaturated/α-hetero) is 1. The minimum Gasteiger partial charge on any atom is -0.483 e. The summed E-state index contributed by atoms with van der Waals surface area (Å²) in [5, 5.41) is 18.2. The van der Waals surface area contributed by atoms with Crippen molar-refractivity contribution in [1.82, 2.24) is 10.0 Å². The van der Waals surface area contributed by atoms with Gasteiger partial charge in [-0.3, -0.25) is 19.2 Å². The summed E-state index contributed by atoms with van der Waals surface area (Å²) in [4.78, 5) is 59.1. The smallest absolute Gasteiger partial charge is 0.307 e. The first-order valence-electron chi connectivity index (χ1n) is 20.9. The molecule has 2 N–H and O–H groups in total. The molecule has 5 aliphatic carbocycles. The molecule has 314 valence electrons. The van der Waals surface area contributed by atoms with Gasteiger partial charge in [0.1, 0.15) is 18.7 Å². The van der Waals surface area contributed by atoms with Crippen LogP contribution in [0, 0.1) is 56.7 Å². The molecule has 4 saturated carbocycles. The summed E-state index contributed by atoms with van der Waals surface area (Å²) in [5.74, 6) is 1.74. The van der Waals surface area contributed by atoms with Crippen molar-refractivity contribution in [2.45, 2.75) is 146 Å². The van der Waals surface area contributed by atoms with Crippen molar-refractivity contribution in [2.75, 3.05) is 27.7 Å². The van der Waals surface area contributed by atoms with E-state index in [1.807, 2.05) is 13.8 Å². The number of esters is 1. The van der Waals surface area contributed by atoms with Crippen molar-refractivity contribution in [3.63, 3.8) is 0 Å². The molecule has 0 spiro atoms. The van der Waals surface area contributed by atoms with Crippen molar-refractivity contribution in [1.29, 1.82) is 0 Å². The molecule has 0 aliphatic heterocycles. The average Bonchev–Trinajstić information content (AvgIpc) is 3.46. The van der Waals surface area contributed by atoms with Crippen LogP contribution in [0.4, 0.5) is 0 Å². The highest BCUT2D eigenvalue weighted by Gasteiger charge is 2.69. The third-order valence-electron chi connectivity index (χ3n) is 15.2. The molecule has 10 nitrogen and oxygen atoms in total. The SMILES string of the molecule is CC.CCN(C)N(C)/C(=C\C=O)C12CCC3(C)C(CCC4C5(C)CCC(OC(=O)CC(C)(C)C=O)C(C)C5CCC43C)C1=C(C(C)C)C(=O)C2.CO.O=CO. The highest BCUT2D eigenvalue weighted by Crippen LogP contribution is 2.76. The molecule has 5 rings (SSSR count). The second kappa shape index (κ2) is 19.1. The van der Waals surface area contributed by atoms with Gasteiger partial charge in [-0.05, 0) is 114 Å². The second-order valence-electron chi connectivity index (χ2n) is 18.3. The minimum atomic E-state index is -0.707. The fraction of sp³-hybridized carbons (Fsp3) is 0.800. The summed E-state index contributed by atoms with van der Waals surface area (Å²) in [6.07, 6.45) is 12.3. The number of rotatable bonds is 10. The van der Waals surface area contributed by atoms with Gasteiger partial charge < -0.3 is 24.8 Å². The standard InChI is InChI=1S/C41H64N2O5.C2H6.CH2O2.CH4O/c1-12-42(10)43(11)33(17-22-44)41-21-20-39(8)29(36(41)35(26(2)3)30(46)23-41)13-14-32-38(7)18-16-31(48-34(47)24-37(5,6)25-45)27(4)28(38)15-19-40(32,39)9;1-2;2-1-3;1-2/h17,22,25-29,31-32H,12-16,18-21,23-24H2,1-11H3;1-2H3;1H,(H,2,3);2H,1H3/b33-17-;;;. The Bertz CT molecular complexity index is 1440. The molecule has 4 fully saturated rings. The van der Waals surface area contributed by atoms with Gasteiger partial charge >= 0.3 is 5.97 Å². The molecule has 9 atom stereocenters. The van der Waals surface area contributed by atoms with E-state index in [4.69, 9.17) is 19.7 Å². The van der Waals surface area contributed by atoms with Gasteiger partial charge in [-0.25, -0.2) is 5.01 Å². The Hall–Kier alpha value is -2.85. The molecule has 9 unspecified atom stereocenters. The fourth-order valence-corrected chi connectivity index (χ4v) is 12.4. The summed E-state index contributed by atoms with van der Waals surface area (Å²) in [7, 11) is 5.11. The maximum absolute atomic E-state index is 14.1. The maximum Gasteiger partial charge on any atom is 0.307 e. The number of hydrogen-bond donors (Lipinski definition) is 2. The van der Waals surface area contributed by atoms with Crippen LogP contribution in [0.15, 0.2) is 22.9 Å². The number of ketones is 1. The van der Waals surface area contributed by atoms with Crippen LogP contribution in [0.3, 0.4) is 0 Å². The summed E-state index contributed by atoms with van der Waals surface area (Å²) >= 11 is 0. The van der Waals surface area contributed by atoms with E-state index >= 15 is 0 Å². The highest BCUT2D eigenvalue weighted by atomic mass is 16.5. The third-order valence-corrected chi connectivity index (χ3v) is 15.2. The molecule has 55 heavy (non-hydrogen) atoms. The zero-order chi connectivity index (χ0) is 42.3. The molecular weight excluding hydrogens is 697 g/mol. The molecular formula is C45H76N2O8. The van der Waals surface area contributed by atoms with Crippen molar-refractivity contribution in [3.8, 4) is 0 Å². The quantitative estimate of drug-likeness (QED) is 0.0964. The van der Waals surface area contributed by atoms with E-state index in [9.17, 15) is 19.2 Å². The molecule has 0 aromatic rings. The lowest BCUT2D eigenvalue weighted by atomic mass is 9.34. The maximum atomic E-state index is 14.1. The van der Waals surface area contributed by atoms with Gasteiger partial charge in [0.2, 0.25) is 0 Å². The van der Waals surface area contributed by atoms with E-state index in [-0.39, 0.29) is 58.8 Å². The highest BCUT2D eigenvalue weighted by molar-refractivity contribution is 6.01. The lowest BCUT2D eigenvalue weighted by Crippen LogP contribution is -2.64. The van der Waals surface area contributed by atoms with Crippen molar-refractivity contribution >= 4 is 30.8 Å². The van der Waals surface area contributed by atoms with Crippen LogP contribution in [-0.4, -0.2) is 84.9 Å². The number of carboxylic acid groups (broad SMARTS) is 1. The lowest BCUT2D eigenvalue weighted by Gasteiger charge is -2.71. The number of fused-ring (bicyclic) bond motifs is 7. The lowest BCUT2D eigenvalue weighted by molar-refractivity contribution is -0.215. The van der Waals surface area contributed by atoms with Crippen molar-refractivity contribution in [2.24, 2.45) is 56.7 Å². The Morgan fingerprint density at radius 2 is 1.56 bits per heavy atom. The van der Waals surface area contributed by atoms with Gasteiger partial charge in [0.05, 0.1) is 6.42 Å². The fourth-order valence-electron chi connectivity index (χ4n) is 12.4. The van der Waals surface area contributed by atoms with Crippen LogP contribution in [0.25, 0.3) is 0 Å². The number of nitrogens with zero attached hydrogens (tertiary/aromatic N) is 2. The number of hydrazine groups is 1. The number of aliphatic hydroxyl groups is 1. The first kappa shape index (κ1) is 48.3. The van der Waals surface area contributed by atoms with E-state index < -0.39 is 10.8 Å². The van der Waals surface area contributed by atoms with Gasteiger partial charge in [-0.15, -0.1) is 0 Å². The zero-order valence-corrected chi connectivity index (χ0v) is 36.8. The van der Waals surface area contributed by atoms with Gasteiger partial charge in [0.25, 0.3) is 6.47 Å². The Kier molecular flexibility index (Phi) is 16.7. The van der Waals surface area contributed by atoms with E-state index in [0.29, 0.717) is 24.2 Å². The number of ether oxygens (including phenoxy) is 1. The number of carbonyl (C=O) groups excluding carboxylic acids is 4. The Labute approximate surface area is 332 Å². The van der Waals surface area contributed by atoms with E-state index in [1.54, 1.807) is 19.9 Å². The van der Waals surface area contributed by atoms with Crippen LogP contribution in [-0.2, 0) is 28.7 Å². The van der Waals surface area contributed by atoms with Gasteiger partial charge in [-0.1, -0.05) is 76.2 Å². The Morgan fingerprint density at radius 1 is 0.964 bits per heavy atom. The number of allylic oxidation sites excluding steroid dienone is 3. The third kappa shape index (κ3) is 8.56. The topological polar surface area (TPSA) is 142 Å². The van der Waals surface area contributed by atoms with Gasteiger partial charge in [0.15, 0.2) is 5.78 Å². The van der Waals surface area contributed by atoms with Crippen LogP contribution < -0.4 is 0 Å². The minimum absolute atomic E-state index is 0.0297. The molecule has 0 bridgehead atoms. The van der Waals surface area contributed by atoms with Crippen molar-refractivity contribution in [3.05, 3.63) is 22.9 Å². The van der Waals surface area contributed by atoms with Crippen LogP contribution in [0.5, 0.6) is 0 Å². The molecule has 10 heteroatoms. The first-order chi connectivity index (χ1) is 25.8. The predicted octanol–water partition coefficient (Wildman–Crippen LogP) is 8.32. The van der Waals surface area contributed by atoms with Gasteiger partial charge in [0, 0.05) is 50.7 Å². The van der Waals surface area contributed by atoms with Gasteiger partial charge in [-0.2, -0.15) is 0 Å².